The molecule has 0 spiro atoms. The van der Waals surface area contributed by atoms with Crippen LogP contribution in [0.2, 0.25) is 0 Å². The van der Waals surface area contributed by atoms with Crippen molar-refractivity contribution in [2.24, 2.45) is 7.05 Å². The van der Waals surface area contributed by atoms with E-state index in [1.54, 1.807) is 11.8 Å². The van der Waals surface area contributed by atoms with Gasteiger partial charge in [0.15, 0.2) is 11.0 Å². The number of rotatable bonds is 5. The molecule has 0 unspecified atom stereocenters. The van der Waals surface area contributed by atoms with E-state index in [2.05, 4.69) is 62.0 Å². The van der Waals surface area contributed by atoms with Crippen LogP contribution < -0.4 is 4.90 Å². The van der Waals surface area contributed by atoms with Gasteiger partial charge in [0.05, 0.1) is 13.2 Å². The predicted octanol–water partition coefficient (Wildman–Crippen LogP) is 1.28. The molecule has 22 heavy (non-hydrogen) atoms. The topological polar surface area (TPSA) is 44.4 Å². The Balaban J connectivity index is 1.59. The zero-order valence-corrected chi connectivity index (χ0v) is 15.0. The number of hydrogen-bond donors (Lipinski definition) is 1. The van der Waals surface area contributed by atoms with Crippen LogP contribution in [0.5, 0.6) is 0 Å². The van der Waals surface area contributed by atoms with E-state index in [1.807, 2.05) is 0 Å². The van der Waals surface area contributed by atoms with Gasteiger partial charge in [-0.15, -0.1) is 10.2 Å². The van der Waals surface area contributed by atoms with Crippen molar-refractivity contribution in [2.45, 2.75) is 17.5 Å². The molecule has 1 aliphatic heterocycles. The molecule has 0 atom stereocenters. The predicted molar refractivity (Wildman–Crippen MR) is 89.9 cm³/mol. The number of aromatic nitrogens is 3. The fraction of sp³-hybridized carbons (Fsp3) is 0.467. The molecule has 1 aromatic heterocycles. The summed E-state index contributed by atoms with van der Waals surface area (Å²) in [5.41, 5.74) is 1.29. The average molecular weight is 384 g/mol. The third-order valence-electron chi connectivity index (χ3n) is 3.81. The Labute approximate surface area is 143 Å². The van der Waals surface area contributed by atoms with Gasteiger partial charge in [0.1, 0.15) is 19.6 Å². The molecular formula is C15H20BrN4OS+. The van der Waals surface area contributed by atoms with Gasteiger partial charge in [0.25, 0.3) is 0 Å². The molecule has 3 rings (SSSR count). The quantitative estimate of drug-likeness (QED) is 0.790. The standard InChI is InChI=1S/C15H19BrN4OS/c1-19-14(10-20-6-8-21-9-7-20)17-18-15(19)22-11-12-2-4-13(16)5-3-12/h2-5H,6-11H2,1H3/p+1. The molecule has 0 saturated carbocycles. The first-order valence-corrected chi connectivity index (χ1v) is 9.17. The SMILES string of the molecule is Cn1c(C[NH+]2CCOCC2)nnc1SCc1ccc(Br)cc1. The van der Waals surface area contributed by atoms with Crippen LogP contribution in [0, 0.1) is 0 Å². The summed E-state index contributed by atoms with van der Waals surface area (Å²) in [6, 6.07) is 8.40. The summed E-state index contributed by atoms with van der Waals surface area (Å²) in [6.45, 7) is 4.71. The van der Waals surface area contributed by atoms with Gasteiger partial charge in [-0.2, -0.15) is 0 Å². The highest BCUT2D eigenvalue weighted by atomic mass is 79.9. The van der Waals surface area contributed by atoms with Crippen LogP contribution in [0.25, 0.3) is 0 Å². The fourth-order valence-electron chi connectivity index (χ4n) is 2.41. The summed E-state index contributed by atoms with van der Waals surface area (Å²) >= 11 is 5.19. The van der Waals surface area contributed by atoms with Crippen LogP contribution in [-0.4, -0.2) is 41.1 Å². The van der Waals surface area contributed by atoms with Crippen molar-refractivity contribution in [1.82, 2.24) is 14.8 Å². The first-order chi connectivity index (χ1) is 10.7. The van der Waals surface area contributed by atoms with E-state index in [0.717, 1.165) is 54.1 Å². The molecule has 1 fully saturated rings. The number of ether oxygens (including phenoxy) is 1. The summed E-state index contributed by atoms with van der Waals surface area (Å²) in [5, 5.41) is 9.67. The highest BCUT2D eigenvalue weighted by Gasteiger charge is 2.18. The summed E-state index contributed by atoms with van der Waals surface area (Å²) < 4.78 is 8.62. The van der Waals surface area contributed by atoms with Crippen molar-refractivity contribution in [3.63, 3.8) is 0 Å². The van der Waals surface area contributed by atoms with E-state index in [9.17, 15) is 0 Å². The van der Waals surface area contributed by atoms with E-state index in [4.69, 9.17) is 4.74 Å². The number of halogens is 1. The number of morpholine rings is 1. The second-order valence-corrected chi connectivity index (χ2v) is 7.27. The first-order valence-electron chi connectivity index (χ1n) is 7.39. The Bertz CT molecular complexity index is 611. The lowest BCUT2D eigenvalue weighted by Gasteiger charge is -2.23. The highest BCUT2D eigenvalue weighted by molar-refractivity contribution is 9.10. The second kappa shape index (κ2) is 7.59. The second-order valence-electron chi connectivity index (χ2n) is 5.41. The number of nitrogens with one attached hydrogen (secondary N) is 1. The molecule has 0 bridgehead atoms. The molecule has 2 aromatic rings. The summed E-state index contributed by atoms with van der Waals surface area (Å²) in [4.78, 5) is 1.52. The van der Waals surface area contributed by atoms with Crippen LogP contribution in [0.3, 0.4) is 0 Å². The van der Waals surface area contributed by atoms with Crippen molar-refractivity contribution >= 4 is 27.7 Å². The van der Waals surface area contributed by atoms with E-state index in [1.165, 1.54) is 10.5 Å². The van der Waals surface area contributed by atoms with Gasteiger partial charge in [-0.1, -0.05) is 39.8 Å². The normalized spacial score (nSPS) is 16.1. The van der Waals surface area contributed by atoms with E-state index < -0.39 is 0 Å². The van der Waals surface area contributed by atoms with Crippen molar-refractivity contribution < 1.29 is 9.64 Å². The highest BCUT2D eigenvalue weighted by Crippen LogP contribution is 2.22. The van der Waals surface area contributed by atoms with Gasteiger partial charge in [-0.25, -0.2) is 0 Å². The maximum atomic E-state index is 5.40. The number of benzene rings is 1. The lowest BCUT2D eigenvalue weighted by atomic mass is 10.2. The monoisotopic (exact) mass is 383 g/mol. The molecule has 5 nitrogen and oxygen atoms in total. The molecule has 0 aliphatic carbocycles. The van der Waals surface area contributed by atoms with Crippen molar-refractivity contribution in [3.05, 3.63) is 40.1 Å². The number of hydrogen-bond acceptors (Lipinski definition) is 4. The first kappa shape index (κ1) is 16.0. The van der Waals surface area contributed by atoms with Crippen molar-refractivity contribution in [1.29, 1.82) is 0 Å². The molecular weight excluding hydrogens is 364 g/mol. The number of nitrogens with zero attached hydrogens (tertiary/aromatic N) is 3. The maximum Gasteiger partial charge on any atom is 0.191 e. The zero-order chi connectivity index (χ0) is 15.4. The van der Waals surface area contributed by atoms with Crippen LogP contribution in [0.15, 0.2) is 33.9 Å². The molecule has 1 aromatic carbocycles. The molecule has 1 saturated heterocycles. The summed E-state index contributed by atoms with van der Waals surface area (Å²) in [6.07, 6.45) is 0. The Hall–Kier alpha value is -0.890. The Kier molecular flexibility index (Phi) is 5.51. The third kappa shape index (κ3) is 4.10. The smallest absolute Gasteiger partial charge is 0.191 e. The van der Waals surface area contributed by atoms with Gasteiger partial charge >= 0.3 is 0 Å². The number of quaternary nitrogens is 1. The van der Waals surface area contributed by atoms with Crippen molar-refractivity contribution in [3.8, 4) is 0 Å². The average Bonchev–Trinajstić information content (AvgIpc) is 2.88. The van der Waals surface area contributed by atoms with Crippen LogP contribution >= 0.6 is 27.7 Å². The molecule has 118 valence electrons. The minimum absolute atomic E-state index is 0.846. The van der Waals surface area contributed by atoms with E-state index in [0.29, 0.717) is 0 Å². The molecule has 2 heterocycles. The summed E-state index contributed by atoms with van der Waals surface area (Å²) in [7, 11) is 2.05. The minimum atomic E-state index is 0.846. The zero-order valence-electron chi connectivity index (χ0n) is 12.6. The molecule has 0 amide bonds. The molecule has 1 N–H and O–H groups in total. The third-order valence-corrected chi connectivity index (χ3v) is 5.43. The van der Waals surface area contributed by atoms with E-state index in [-0.39, 0.29) is 0 Å². The lowest BCUT2D eigenvalue weighted by Crippen LogP contribution is -3.12. The molecule has 0 radical (unpaired) electrons. The molecule has 7 heteroatoms. The Morgan fingerprint density at radius 3 is 2.68 bits per heavy atom. The largest absolute Gasteiger partial charge is 0.370 e. The minimum Gasteiger partial charge on any atom is -0.370 e. The Morgan fingerprint density at radius 2 is 1.95 bits per heavy atom. The maximum absolute atomic E-state index is 5.40. The van der Waals surface area contributed by atoms with Crippen molar-refractivity contribution in [2.75, 3.05) is 26.3 Å². The van der Waals surface area contributed by atoms with Gasteiger partial charge in [0, 0.05) is 17.3 Å². The van der Waals surface area contributed by atoms with Gasteiger partial charge in [0.2, 0.25) is 0 Å². The van der Waals surface area contributed by atoms with Gasteiger partial charge in [-0.3, -0.25) is 0 Å². The van der Waals surface area contributed by atoms with Crippen LogP contribution in [-0.2, 0) is 24.1 Å². The fourth-order valence-corrected chi connectivity index (χ4v) is 3.56. The lowest BCUT2D eigenvalue weighted by molar-refractivity contribution is -0.922. The Morgan fingerprint density at radius 1 is 1.23 bits per heavy atom. The van der Waals surface area contributed by atoms with Gasteiger partial charge in [-0.05, 0) is 17.7 Å². The molecule has 1 aliphatic rings. The van der Waals surface area contributed by atoms with Crippen LogP contribution in [0.4, 0.5) is 0 Å². The van der Waals surface area contributed by atoms with E-state index >= 15 is 0 Å². The van der Waals surface area contributed by atoms with Gasteiger partial charge < -0.3 is 14.2 Å². The summed E-state index contributed by atoms with van der Waals surface area (Å²) in [5.74, 6) is 1.96. The number of thioether (sulfide) groups is 1. The van der Waals surface area contributed by atoms with Crippen LogP contribution in [0.1, 0.15) is 11.4 Å².